The van der Waals surface area contributed by atoms with E-state index in [1.54, 1.807) is 23.4 Å². The average Bonchev–Trinajstić information content (AvgIpc) is 2.98. The van der Waals surface area contributed by atoms with Gasteiger partial charge in [0.1, 0.15) is 0 Å². The minimum Gasteiger partial charge on any atom is -0.345 e. The summed E-state index contributed by atoms with van der Waals surface area (Å²) in [4.78, 5) is 13.4. The van der Waals surface area contributed by atoms with Gasteiger partial charge in [0.25, 0.3) is 5.91 Å². The lowest BCUT2D eigenvalue weighted by Gasteiger charge is -2.06. The molecule has 1 heterocycles. The topological polar surface area (TPSA) is 62.7 Å². The van der Waals surface area contributed by atoms with Gasteiger partial charge in [-0.2, -0.15) is 5.10 Å². The highest BCUT2D eigenvalue weighted by Gasteiger charge is 2.08. The normalized spacial score (nSPS) is 10.7. The van der Waals surface area contributed by atoms with E-state index in [4.69, 9.17) is 23.8 Å². The number of rotatable bonds is 6. The summed E-state index contributed by atoms with van der Waals surface area (Å²) in [5.74, 6) is 1.36. The number of benzene rings is 2. The van der Waals surface area contributed by atoms with Gasteiger partial charge >= 0.3 is 0 Å². The molecule has 2 aromatic carbocycles. The van der Waals surface area contributed by atoms with Gasteiger partial charge in [-0.1, -0.05) is 23.7 Å². The molecule has 0 fully saturated rings. The third-order valence-electron chi connectivity index (χ3n) is 3.81. The lowest BCUT2D eigenvalue weighted by molar-refractivity contribution is 0.0949. The summed E-state index contributed by atoms with van der Waals surface area (Å²) in [5.41, 5.74) is 1.76. The van der Waals surface area contributed by atoms with Crippen LogP contribution in [0.25, 0.3) is 0 Å². The minimum atomic E-state index is -0.143. The Kier molecular flexibility index (Phi) is 6.13. The lowest BCUT2D eigenvalue weighted by Crippen LogP contribution is -2.24. The summed E-state index contributed by atoms with van der Waals surface area (Å²) in [6.45, 7) is 0.316. The van der Waals surface area contributed by atoms with Crippen LogP contribution in [0.1, 0.15) is 21.7 Å². The second-order valence-corrected chi connectivity index (χ2v) is 7.50. The highest BCUT2D eigenvalue weighted by Crippen LogP contribution is 2.24. The third-order valence-corrected chi connectivity index (χ3v) is 5.52. The largest absolute Gasteiger partial charge is 0.345 e. The van der Waals surface area contributed by atoms with Crippen LogP contribution in [0.15, 0.2) is 53.4 Å². The monoisotopic (exact) mass is 404 g/mol. The van der Waals surface area contributed by atoms with Crippen molar-refractivity contribution in [2.75, 3.05) is 0 Å². The maximum absolute atomic E-state index is 12.3. The van der Waals surface area contributed by atoms with Crippen molar-refractivity contribution in [2.45, 2.75) is 17.2 Å². The highest BCUT2D eigenvalue weighted by molar-refractivity contribution is 7.98. The van der Waals surface area contributed by atoms with E-state index < -0.39 is 0 Å². The minimum absolute atomic E-state index is 0.143. The number of carbonyl (C=O) groups is 1. The van der Waals surface area contributed by atoms with E-state index in [1.165, 1.54) is 0 Å². The number of nitrogens with zero attached hydrogens (tertiary/aromatic N) is 2. The average molecular weight is 405 g/mol. The van der Waals surface area contributed by atoms with Crippen molar-refractivity contribution in [2.24, 2.45) is 7.05 Å². The van der Waals surface area contributed by atoms with Crippen molar-refractivity contribution >= 4 is 41.5 Å². The van der Waals surface area contributed by atoms with E-state index in [9.17, 15) is 4.79 Å². The Bertz CT molecular complexity index is 949. The molecule has 0 atom stereocenters. The van der Waals surface area contributed by atoms with Crippen molar-refractivity contribution < 1.29 is 4.79 Å². The molecular formula is C18H17ClN4OS2. The molecule has 5 nitrogen and oxygen atoms in total. The number of aromatic amines is 1. The first-order chi connectivity index (χ1) is 12.5. The number of amides is 1. The number of hydrogen-bond donors (Lipinski definition) is 2. The van der Waals surface area contributed by atoms with Crippen LogP contribution in [0, 0.1) is 4.77 Å². The van der Waals surface area contributed by atoms with Crippen LogP contribution in [0.5, 0.6) is 0 Å². The van der Waals surface area contributed by atoms with Crippen LogP contribution in [0.4, 0.5) is 0 Å². The van der Waals surface area contributed by atoms with Crippen LogP contribution >= 0.6 is 35.6 Å². The molecule has 0 radical (unpaired) electrons. The van der Waals surface area contributed by atoms with Crippen molar-refractivity contribution in [3.05, 3.63) is 75.3 Å². The zero-order valence-corrected chi connectivity index (χ0v) is 16.4. The Balaban J connectivity index is 1.54. The molecule has 0 unspecified atom stereocenters. The molecule has 3 rings (SSSR count). The fourth-order valence-electron chi connectivity index (χ4n) is 2.25. The second kappa shape index (κ2) is 8.53. The van der Waals surface area contributed by atoms with Crippen molar-refractivity contribution in [1.82, 2.24) is 20.1 Å². The molecule has 2 N–H and O–H groups in total. The fraction of sp³-hybridized carbons (Fsp3) is 0.167. The summed E-state index contributed by atoms with van der Waals surface area (Å²) < 4.78 is 2.25. The summed E-state index contributed by atoms with van der Waals surface area (Å²) in [6.07, 6.45) is 0. The van der Waals surface area contributed by atoms with E-state index in [0.717, 1.165) is 21.2 Å². The second-order valence-electron chi connectivity index (χ2n) is 5.63. The third kappa shape index (κ3) is 4.75. The molecule has 1 amide bonds. The molecule has 3 aromatic rings. The van der Waals surface area contributed by atoms with Crippen LogP contribution < -0.4 is 5.32 Å². The fourth-order valence-corrected chi connectivity index (χ4v) is 3.38. The number of nitrogens with one attached hydrogen (secondary N) is 2. The van der Waals surface area contributed by atoms with Crippen molar-refractivity contribution in [3.63, 3.8) is 0 Å². The number of halogens is 1. The maximum Gasteiger partial charge on any atom is 0.251 e. The van der Waals surface area contributed by atoms with Gasteiger partial charge in [0.05, 0.1) is 6.54 Å². The zero-order valence-electron chi connectivity index (χ0n) is 14.0. The Morgan fingerprint density at radius 3 is 2.54 bits per heavy atom. The maximum atomic E-state index is 12.3. The van der Waals surface area contributed by atoms with Gasteiger partial charge < -0.3 is 9.88 Å². The summed E-state index contributed by atoms with van der Waals surface area (Å²) >= 11 is 12.7. The van der Waals surface area contributed by atoms with E-state index in [2.05, 4.69) is 15.5 Å². The molecular weight excluding hydrogens is 388 g/mol. The van der Waals surface area contributed by atoms with Gasteiger partial charge in [0, 0.05) is 28.3 Å². The van der Waals surface area contributed by atoms with Gasteiger partial charge in [-0.05, 0) is 54.2 Å². The predicted molar refractivity (Wildman–Crippen MR) is 107 cm³/mol. The number of aromatic nitrogens is 3. The lowest BCUT2D eigenvalue weighted by atomic mass is 10.1. The van der Waals surface area contributed by atoms with E-state index in [0.29, 0.717) is 22.7 Å². The number of thioether (sulfide) groups is 1. The summed E-state index contributed by atoms with van der Waals surface area (Å²) in [5, 5.41) is 10.3. The van der Waals surface area contributed by atoms with E-state index >= 15 is 0 Å². The molecule has 0 saturated carbocycles. The molecule has 0 spiro atoms. The highest BCUT2D eigenvalue weighted by atomic mass is 35.5. The van der Waals surface area contributed by atoms with Crippen molar-refractivity contribution in [3.8, 4) is 0 Å². The molecule has 0 aliphatic carbocycles. The molecule has 26 heavy (non-hydrogen) atoms. The summed E-state index contributed by atoms with van der Waals surface area (Å²) in [6, 6.07) is 15.3. The standard InChI is InChI=1S/C18H17ClN4OS2/c1-23-16(21-22-18(23)25)10-20-17(24)13-4-2-12(3-5-13)11-26-15-8-6-14(19)7-9-15/h2-9H,10-11H2,1H3,(H,20,24)(H,22,25). The molecule has 0 saturated heterocycles. The first kappa shape index (κ1) is 18.7. The predicted octanol–water partition coefficient (Wildman–Crippen LogP) is 4.35. The molecule has 1 aromatic heterocycles. The molecule has 0 aliphatic heterocycles. The quantitative estimate of drug-likeness (QED) is 0.473. The Morgan fingerprint density at radius 1 is 1.23 bits per heavy atom. The number of H-pyrrole nitrogens is 1. The zero-order chi connectivity index (χ0) is 18.5. The Morgan fingerprint density at radius 2 is 1.92 bits per heavy atom. The first-order valence-electron chi connectivity index (χ1n) is 7.89. The van der Waals surface area contributed by atoms with Gasteiger partial charge in [0.2, 0.25) is 0 Å². The van der Waals surface area contributed by atoms with Gasteiger partial charge in [-0.3, -0.25) is 9.89 Å². The van der Waals surface area contributed by atoms with E-state index in [-0.39, 0.29) is 5.91 Å². The molecule has 0 aliphatic rings. The first-order valence-corrected chi connectivity index (χ1v) is 9.66. The molecule has 0 bridgehead atoms. The molecule has 8 heteroatoms. The number of carbonyl (C=O) groups excluding carboxylic acids is 1. The Hall–Kier alpha value is -2.09. The van der Waals surface area contributed by atoms with Crippen LogP contribution in [0.2, 0.25) is 5.02 Å². The van der Waals surface area contributed by atoms with Gasteiger partial charge in [-0.15, -0.1) is 11.8 Å². The Labute approximate surface area is 165 Å². The van der Waals surface area contributed by atoms with Crippen molar-refractivity contribution in [1.29, 1.82) is 0 Å². The molecule has 134 valence electrons. The summed E-state index contributed by atoms with van der Waals surface area (Å²) in [7, 11) is 1.81. The van der Waals surface area contributed by atoms with Gasteiger partial charge in [0.15, 0.2) is 10.6 Å². The van der Waals surface area contributed by atoms with Crippen LogP contribution in [-0.2, 0) is 19.3 Å². The van der Waals surface area contributed by atoms with E-state index in [1.807, 2.05) is 48.5 Å². The van der Waals surface area contributed by atoms with Crippen LogP contribution in [0.3, 0.4) is 0 Å². The number of hydrogen-bond acceptors (Lipinski definition) is 4. The van der Waals surface area contributed by atoms with Crippen LogP contribution in [-0.4, -0.2) is 20.7 Å². The SMILES string of the molecule is Cn1c(CNC(=O)c2ccc(CSc3ccc(Cl)cc3)cc2)n[nH]c1=S. The van der Waals surface area contributed by atoms with Gasteiger partial charge in [-0.25, -0.2) is 0 Å². The smallest absolute Gasteiger partial charge is 0.251 e.